The molecule has 0 bridgehead atoms. The summed E-state index contributed by atoms with van der Waals surface area (Å²) in [7, 11) is -7.35. The second-order valence-electron chi connectivity index (χ2n) is 4.51. The molecule has 0 amide bonds. The molecule has 1 aliphatic rings. The first-order valence-corrected chi connectivity index (χ1v) is 11.1. The van der Waals surface area contributed by atoms with Gasteiger partial charge < -0.3 is 0 Å². The van der Waals surface area contributed by atoms with E-state index in [9.17, 15) is 16.8 Å². The van der Waals surface area contributed by atoms with Crippen molar-refractivity contribution in [3.63, 3.8) is 0 Å². The van der Waals surface area contributed by atoms with Crippen molar-refractivity contribution in [1.29, 1.82) is 0 Å². The molecule has 0 spiro atoms. The topological polar surface area (TPSA) is 81.2 Å². The number of pyridine rings is 1. The first-order chi connectivity index (χ1) is 11.4. The number of rotatable bonds is 2. The van der Waals surface area contributed by atoms with Crippen LogP contribution < -0.4 is 0 Å². The number of hydrogen-bond acceptors (Lipinski definition) is 5. The Kier molecular flexibility index (Phi) is 7.10. The third-order valence-electron chi connectivity index (χ3n) is 3.26. The average Bonchev–Trinajstić information content (AvgIpc) is 2.92. The van der Waals surface area contributed by atoms with Crippen molar-refractivity contribution >= 4 is 19.7 Å². The molecule has 7 heteroatoms. The fourth-order valence-electron chi connectivity index (χ4n) is 2.29. The van der Waals surface area contributed by atoms with Crippen LogP contribution in [0.5, 0.6) is 0 Å². The van der Waals surface area contributed by atoms with Gasteiger partial charge in [0, 0.05) is 6.20 Å². The minimum atomic E-state index is -3.76. The SMILES string of the molecule is CC.CC.O=S1(=O)CC(S(=O)(=O)c2ccccc2)c2ncccc21. The number of aromatic nitrogens is 1. The molecule has 0 saturated heterocycles. The molecule has 0 N–H and O–H groups in total. The summed E-state index contributed by atoms with van der Waals surface area (Å²) in [6, 6.07) is 10.7. The maximum atomic E-state index is 12.6. The maximum absolute atomic E-state index is 12.6. The van der Waals surface area contributed by atoms with E-state index in [0.717, 1.165) is 0 Å². The van der Waals surface area contributed by atoms with Crippen molar-refractivity contribution < 1.29 is 16.8 Å². The Morgan fingerprint density at radius 1 is 0.958 bits per heavy atom. The molecule has 1 aromatic heterocycles. The van der Waals surface area contributed by atoms with E-state index in [1.807, 2.05) is 27.7 Å². The van der Waals surface area contributed by atoms with E-state index in [0.29, 0.717) is 0 Å². The Bertz CT molecular complexity index is 860. The Labute approximate surface area is 144 Å². The van der Waals surface area contributed by atoms with E-state index in [1.165, 1.54) is 30.5 Å². The van der Waals surface area contributed by atoms with Crippen molar-refractivity contribution in [3.8, 4) is 0 Å². The van der Waals surface area contributed by atoms with E-state index >= 15 is 0 Å². The van der Waals surface area contributed by atoms with Gasteiger partial charge in [0.05, 0.1) is 21.2 Å². The Hall–Kier alpha value is -1.73. The van der Waals surface area contributed by atoms with Crippen LogP contribution in [0.25, 0.3) is 0 Å². The fraction of sp³-hybridized carbons (Fsp3) is 0.353. The van der Waals surface area contributed by atoms with E-state index in [1.54, 1.807) is 18.2 Å². The molecule has 2 aromatic rings. The number of sulfone groups is 2. The van der Waals surface area contributed by atoms with Crippen molar-refractivity contribution in [1.82, 2.24) is 4.98 Å². The highest BCUT2D eigenvalue weighted by molar-refractivity contribution is 7.96. The van der Waals surface area contributed by atoms with Crippen molar-refractivity contribution in [2.75, 3.05) is 5.75 Å². The number of benzene rings is 1. The van der Waals surface area contributed by atoms with Gasteiger partial charge in [0.25, 0.3) is 0 Å². The van der Waals surface area contributed by atoms with Crippen LogP contribution in [0, 0.1) is 0 Å². The zero-order valence-corrected chi connectivity index (χ0v) is 15.9. The molecule has 2 heterocycles. The summed E-state index contributed by atoms with van der Waals surface area (Å²) in [5.74, 6) is -0.448. The number of nitrogens with zero attached hydrogens (tertiary/aromatic N) is 1. The van der Waals surface area contributed by atoms with E-state index in [4.69, 9.17) is 0 Å². The van der Waals surface area contributed by atoms with Gasteiger partial charge in [-0.15, -0.1) is 0 Å². The minimum absolute atomic E-state index is 0.0181. The molecule has 1 aliphatic heterocycles. The molecule has 1 aromatic carbocycles. The van der Waals surface area contributed by atoms with Gasteiger partial charge in [-0.05, 0) is 24.3 Å². The summed E-state index contributed by atoms with van der Waals surface area (Å²) in [6.45, 7) is 8.00. The van der Waals surface area contributed by atoms with Crippen LogP contribution in [0.3, 0.4) is 0 Å². The van der Waals surface area contributed by atoms with E-state index in [2.05, 4.69) is 4.98 Å². The Balaban J connectivity index is 0.000000671. The second kappa shape index (κ2) is 8.39. The molecule has 0 fully saturated rings. The zero-order chi connectivity index (χ0) is 18.4. The number of hydrogen-bond donors (Lipinski definition) is 0. The fourth-order valence-corrected chi connectivity index (χ4v) is 6.50. The summed E-state index contributed by atoms with van der Waals surface area (Å²) >= 11 is 0. The summed E-state index contributed by atoms with van der Waals surface area (Å²) < 4.78 is 49.2. The molecule has 24 heavy (non-hydrogen) atoms. The van der Waals surface area contributed by atoms with Crippen LogP contribution in [0.2, 0.25) is 0 Å². The highest BCUT2D eigenvalue weighted by Gasteiger charge is 2.43. The summed E-state index contributed by atoms with van der Waals surface area (Å²) in [5, 5.41) is -1.13. The van der Waals surface area contributed by atoms with Crippen LogP contribution in [0.15, 0.2) is 58.5 Å². The number of fused-ring (bicyclic) bond motifs is 1. The first-order valence-electron chi connectivity index (χ1n) is 7.89. The molecular weight excluding hydrogens is 346 g/mol. The van der Waals surface area contributed by atoms with Gasteiger partial charge in [0.15, 0.2) is 19.7 Å². The third-order valence-corrected chi connectivity index (χ3v) is 7.32. The highest BCUT2D eigenvalue weighted by Crippen LogP contribution is 2.39. The predicted molar refractivity (Wildman–Crippen MR) is 95.4 cm³/mol. The highest BCUT2D eigenvalue weighted by atomic mass is 32.2. The maximum Gasteiger partial charge on any atom is 0.187 e. The predicted octanol–water partition coefficient (Wildman–Crippen LogP) is 3.44. The quantitative estimate of drug-likeness (QED) is 0.810. The minimum Gasteiger partial charge on any atom is -0.259 e. The summed E-state index contributed by atoms with van der Waals surface area (Å²) in [4.78, 5) is 4.10. The zero-order valence-electron chi connectivity index (χ0n) is 14.3. The molecule has 1 atom stereocenters. The standard InChI is InChI=1S/C13H11NO4S2.2C2H6/c15-19(16)9-12(13-11(19)7-4-8-14-13)20(17,18)10-5-2-1-3-6-10;2*1-2/h1-8,12H,9H2;2*1-2H3. The lowest BCUT2D eigenvalue weighted by Gasteiger charge is -2.10. The molecule has 0 aliphatic carbocycles. The van der Waals surface area contributed by atoms with Crippen LogP contribution in [0.4, 0.5) is 0 Å². The first kappa shape index (κ1) is 20.3. The summed E-state index contributed by atoms with van der Waals surface area (Å²) in [5.41, 5.74) is 0.122. The van der Waals surface area contributed by atoms with Crippen LogP contribution in [0.1, 0.15) is 38.6 Å². The molecule has 1 unspecified atom stereocenters. The average molecular weight is 370 g/mol. The van der Waals surface area contributed by atoms with E-state index in [-0.39, 0.29) is 15.5 Å². The third kappa shape index (κ3) is 3.84. The Morgan fingerprint density at radius 2 is 1.54 bits per heavy atom. The van der Waals surface area contributed by atoms with Gasteiger partial charge in [0.1, 0.15) is 5.25 Å². The monoisotopic (exact) mass is 369 g/mol. The second-order valence-corrected chi connectivity index (χ2v) is 8.65. The lowest BCUT2D eigenvalue weighted by molar-refractivity contribution is 0.581. The van der Waals surface area contributed by atoms with E-state index < -0.39 is 30.7 Å². The smallest absolute Gasteiger partial charge is 0.187 e. The molecule has 3 rings (SSSR count). The molecule has 0 saturated carbocycles. The molecule has 5 nitrogen and oxygen atoms in total. The Morgan fingerprint density at radius 3 is 2.12 bits per heavy atom. The van der Waals surface area contributed by atoms with Crippen LogP contribution in [-0.2, 0) is 19.7 Å². The largest absolute Gasteiger partial charge is 0.259 e. The van der Waals surface area contributed by atoms with Gasteiger partial charge in [-0.1, -0.05) is 45.9 Å². The molecular formula is C17H23NO4S2. The van der Waals surface area contributed by atoms with Gasteiger partial charge >= 0.3 is 0 Å². The van der Waals surface area contributed by atoms with Gasteiger partial charge in [-0.3, -0.25) is 4.98 Å². The molecule has 0 radical (unpaired) electrons. The van der Waals surface area contributed by atoms with Crippen molar-refractivity contribution in [3.05, 3.63) is 54.4 Å². The van der Waals surface area contributed by atoms with Crippen molar-refractivity contribution in [2.45, 2.75) is 42.7 Å². The summed E-state index contributed by atoms with van der Waals surface area (Å²) in [6.07, 6.45) is 1.41. The molecule has 132 valence electrons. The van der Waals surface area contributed by atoms with Crippen molar-refractivity contribution in [2.24, 2.45) is 0 Å². The van der Waals surface area contributed by atoms with Crippen LogP contribution in [-0.4, -0.2) is 27.6 Å². The van der Waals surface area contributed by atoms with Gasteiger partial charge in [-0.2, -0.15) is 0 Å². The van der Waals surface area contributed by atoms with Gasteiger partial charge in [0.2, 0.25) is 0 Å². The lowest BCUT2D eigenvalue weighted by Crippen LogP contribution is -2.16. The lowest BCUT2D eigenvalue weighted by atomic mass is 10.3. The van der Waals surface area contributed by atoms with Crippen LogP contribution >= 0.6 is 0 Å². The van der Waals surface area contributed by atoms with Gasteiger partial charge in [-0.25, -0.2) is 16.8 Å². The normalized spacial score (nSPS) is 17.6.